The zero-order valence-corrected chi connectivity index (χ0v) is 12.9. The molecule has 1 fully saturated rings. The van der Waals surface area contributed by atoms with E-state index < -0.39 is 0 Å². The summed E-state index contributed by atoms with van der Waals surface area (Å²) in [5.74, 6) is 1.24. The molecule has 0 aromatic heterocycles. The molecule has 1 heterocycles. The molecule has 1 aliphatic rings. The maximum Gasteiger partial charge on any atom is 0.123 e. The topological polar surface area (TPSA) is 15.3 Å². The highest BCUT2D eigenvalue weighted by atomic mass is 19.1. The van der Waals surface area contributed by atoms with Crippen molar-refractivity contribution in [3.8, 4) is 0 Å². The van der Waals surface area contributed by atoms with Gasteiger partial charge in [0.25, 0.3) is 0 Å². The third-order valence-corrected chi connectivity index (χ3v) is 3.85. The second-order valence-electron chi connectivity index (χ2n) is 6.66. The van der Waals surface area contributed by atoms with Gasteiger partial charge in [-0.3, -0.25) is 4.90 Å². The molecule has 0 spiro atoms. The van der Waals surface area contributed by atoms with E-state index >= 15 is 0 Å². The lowest BCUT2D eigenvalue weighted by molar-refractivity contribution is 0.140. The Labute approximate surface area is 122 Å². The molecule has 2 rings (SSSR count). The molecule has 112 valence electrons. The summed E-state index contributed by atoms with van der Waals surface area (Å²) in [5.41, 5.74) is 1.07. The van der Waals surface area contributed by atoms with E-state index in [1.165, 1.54) is 12.5 Å². The zero-order chi connectivity index (χ0) is 14.5. The monoisotopic (exact) mass is 278 g/mol. The van der Waals surface area contributed by atoms with E-state index in [4.69, 9.17) is 0 Å². The average Bonchev–Trinajstić information content (AvgIpc) is 2.35. The SMILES string of the molecule is CC(C)CNC1CC(C)CN(Cc2cccc(F)c2)C1. The van der Waals surface area contributed by atoms with Crippen molar-refractivity contribution in [2.24, 2.45) is 11.8 Å². The Bertz CT molecular complexity index is 419. The molecular formula is C17H27FN2. The third-order valence-electron chi connectivity index (χ3n) is 3.85. The zero-order valence-electron chi connectivity index (χ0n) is 12.9. The number of benzene rings is 1. The molecule has 1 N–H and O–H groups in total. The van der Waals surface area contributed by atoms with Crippen molar-refractivity contribution in [3.63, 3.8) is 0 Å². The number of rotatable bonds is 5. The van der Waals surface area contributed by atoms with Crippen LogP contribution < -0.4 is 5.32 Å². The molecule has 1 aromatic carbocycles. The van der Waals surface area contributed by atoms with E-state index in [-0.39, 0.29) is 5.82 Å². The van der Waals surface area contributed by atoms with Crippen molar-refractivity contribution >= 4 is 0 Å². The normalized spacial score (nSPS) is 24.2. The van der Waals surface area contributed by atoms with Gasteiger partial charge in [-0.15, -0.1) is 0 Å². The molecule has 2 unspecified atom stereocenters. The lowest BCUT2D eigenvalue weighted by Crippen LogP contribution is -2.49. The fourth-order valence-electron chi connectivity index (χ4n) is 3.03. The molecule has 0 saturated carbocycles. The van der Waals surface area contributed by atoms with Gasteiger partial charge in [0, 0.05) is 25.7 Å². The Balaban J connectivity index is 1.90. The summed E-state index contributed by atoms with van der Waals surface area (Å²) in [6.07, 6.45) is 1.24. The quantitative estimate of drug-likeness (QED) is 0.889. The number of hydrogen-bond donors (Lipinski definition) is 1. The van der Waals surface area contributed by atoms with E-state index in [2.05, 4.69) is 31.0 Å². The minimum absolute atomic E-state index is 0.137. The lowest BCUT2D eigenvalue weighted by atomic mass is 9.95. The summed E-state index contributed by atoms with van der Waals surface area (Å²) >= 11 is 0. The third kappa shape index (κ3) is 4.88. The Morgan fingerprint density at radius 3 is 2.85 bits per heavy atom. The molecule has 1 aromatic rings. The van der Waals surface area contributed by atoms with Gasteiger partial charge >= 0.3 is 0 Å². The predicted molar refractivity (Wildman–Crippen MR) is 82.1 cm³/mol. The van der Waals surface area contributed by atoms with Crippen LogP contribution in [0.2, 0.25) is 0 Å². The Kier molecular flexibility index (Phi) is 5.55. The fourth-order valence-corrected chi connectivity index (χ4v) is 3.03. The van der Waals surface area contributed by atoms with Gasteiger partial charge in [0.2, 0.25) is 0 Å². The van der Waals surface area contributed by atoms with Crippen LogP contribution in [0, 0.1) is 17.7 Å². The highest BCUT2D eigenvalue weighted by molar-refractivity contribution is 5.16. The molecule has 0 bridgehead atoms. The van der Waals surface area contributed by atoms with Crippen molar-refractivity contribution in [3.05, 3.63) is 35.6 Å². The van der Waals surface area contributed by atoms with E-state index in [9.17, 15) is 4.39 Å². The molecule has 1 saturated heterocycles. The molecular weight excluding hydrogens is 251 g/mol. The molecule has 0 radical (unpaired) electrons. The summed E-state index contributed by atoms with van der Waals surface area (Å²) < 4.78 is 13.3. The van der Waals surface area contributed by atoms with Crippen LogP contribution in [0.1, 0.15) is 32.8 Å². The summed E-state index contributed by atoms with van der Waals surface area (Å²) in [7, 11) is 0. The maximum atomic E-state index is 13.3. The molecule has 0 amide bonds. The van der Waals surface area contributed by atoms with Crippen LogP contribution in [-0.2, 0) is 6.54 Å². The first kappa shape index (κ1) is 15.5. The number of nitrogens with one attached hydrogen (secondary N) is 1. The predicted octanol–water partition coefficient (Wildman–Crippen LogP) is 3.28. The van der Waals surface area contributed by atoms with Gasteiger partial charge in [0.15, 0.2) is 0 Å². The molecule has 2 nitrogen and oxygen atoms in total. The molecule has 1 aliphatic heterocycles. The number of hydrogen-bond acceptors (Lipinski definition) is 2. The van der Waals surface area contributed by atoms with Crippen molar-refractivity contribution in [2.75, 3.05) is 19.6 Å². The van der Waals surface area contributed by atoms with Gasteiger partial charge in [-0.1, -0.05) is 32.9 Å². The summed E-state index contributed by atoms with van der Waals surface area (Å²) in [4.78, 5) is 2.45. The van der Waals surface area contributed by atoms with E-state index in [1.54, 1.807) is 12.1 Å². The minimum atomic E-state index is -0.137. The lowest BCUT2D eigenvalue weighted by Gasteiger charge is -2.37. The van der Waals surface area contributed by atoms with Crippen molar-refractivity contribution < 1.29 is 4.39 Å². The number of nitrogens with zero attached hydrogens (tertiary/aromatic N) is 1. The molecule has 0 aliphatic carbocycles. The second-order valence-corrected chi connectivity index (χ2v) is 6.66. The van der Waals surface area contributed by atoms with Crippen LogP contribution in [0.25, 0.3) is 0 Å². The van der Waals surface area contributed by atoms with Crippen LogP contribution in [0.3, 0.4) is 0 Å². The van der Waals surface area contributed by atoms with Crippen LogP contribution in [0.4, 0.5) is 4.39 Å². The minimum Gasteiger partial charge on any atom is -0.312 e. The van der Waals surface area contributed by atoms with Crippen LogP contribution >= 0.6 is 0 Å². The van der Waals surface area contributed by atoms with Gasteiger partial charge in [-0.2, -0.15) is 0 Å². The van der Waals surface area contributed by atoms with Crippen LogP contribution in [0.15, 0.2) is 24.3 Å². The van der Waals surface area contributed by atoms with Gasteiger partial charge < -0.3 is 5.32 Å². The highest BCUT2D eigenvalue weighted by Crippen LogP contribution is 2.19. The van der Waals surface area contributed by atoms with Gasteiger partial charge in [0.1, 0.15) is 5.82 Å². The first-order valence-electron chi connectivity index (χ1n) is 7.73. The number of halogens is 1. The van der Waals surface area contributed by atoms with Crippen molar-refractivity contribution in [2.45, 2.75) is 39.8 Å². The molecule has 2 atom stereocenters. The fraction of sp³-hybridized carbons (Fsp3) is 0.647. The number of likely N-dealkylation sites (tertiary alicyclic amines) is 1. The maximum absolute atomic E-state index is 13.3. The van der Waals surface area contributed by atoms with Crippen LogP contribution in [-0.4, -0.2) is 30.6 Å². The Hall–Kier alpha value is -0.930. The summed E-state index contributed by atoms with van der Waals surface area (Å²) in [6.45, 7) is 10.9. The largest absolute Gasteiger partial charge is 0.312 e. The number of piperidine rings is 1. The van der Waals surface area contributed by atoms with Crippen molar-refractivity contribution in [1.82, 2.24) is 10.2 Å². The average molecular weight is 278 g/mol. The van der Waals surface area contributed by atoms with Gasteiger partial charge in [0.05, 0.1) is 0 Å². The van der Waals surface area contributed by atoms with E-state index in [0.29, 0.717) is 17.9 Å². The standard InChI is InChI=1S/C17H27FN2/c1-13(2)9-19-17-7-14(3)10-20(12-17)11-15-5-4-6-16(18)8-15/h4-6,8,13-14,17,19H,7,9-12H2,1-3H3. The van der Waals surface area contributed by atoms with Gasteiger partial charge in [-0.05, 0) is 42.5 Å². The molecule has 20 heavy (non-hydrogen) atoms. The first-order valence-corrected chi connectivity index (χ1v) is 7.73. The first-order chi connectivity index (χ1) is 9.52. The van der Waals surface area contributed by atoms with E-state index in [0.717, 1.165) is 31.7 Å². The molecule has 3 heteroatoms. The summed E-state index contributed by atoms with van der Waals surface area (Å²) in [6, 6.07) is 7.53. The summed E-state index contributed by atoms with van der Waals surface area (Å²) in [5, 5.41) is 3.66. The van der Waals surface area contributed by atoms with E-state index in [1.807, 2.05) is 6.07 Å². The van der Waals surface area contributed by atoms with Crippen LogP contribution in [0.5, 0.6) is 0 Å². The highest BCUT2D eigenvalue weighted by Gasteiger charge is 2.24. The Morgan fingerprint density at radius 1 is 1.35 bits per heavy atom. The second kappa shape index (κ2) is 7.19. The smallest absolute Gasteiger partial charge is 0.123 e. The van der Waals surface area contributed by atoms with Crippen molar-refractivity contribution in [1.29, 1.82) is 0 Å². The van der Waals surface area contributed by atoms with Gasteiger partial charge in [-0.25, -0.2) is 4.39 Å². The Morgan fingerprint density at radius 2 is 2.15 bits per heavy atom.